The smallest absolute Gasteiger partial charge is 0.253 e. The van der Waals surface area contributed by atoms with Gasteiger partial charge in [-0.05, 0) is 49.6 Å². The maximum atomic E-state index is 14.5. The Hall–Kier alpha value is -4.58. The Kier molecular flexibility index (Phi) is 7.13. The van der Waals surface area contributed by atoms with Gasteiger partial charge >= 0.3 is 0 Å². The van der Waals surface area contributed by atoms with Gasteiger partial charge in [-0.15, -0.1) is 0 Å². The fourth-order valence-corrected chi connectivity index (χ4v) is 4.97. The average molecular weight is 514 g/mol. The van der Waals surface area contributed by atoms with Crippen molar-refractivity contribution in [3.05, 3.63) is 78.0 Å². The molecule has 0 saturated carbocycles. The van der Waals surface area contributed by atoms with Gasteiger partial charge in [0, 0.05) is 37.5 Å². The van der Waals surface area contributed by atoms with E-state index in [0.717, 1.165) is 30.5 Å². The predicted molar refractivity (Wildman–Crippen MR) is 142 cm³/mol. The summed E-state index contributed by atoms with van der Waals surface area (Å²) in [5.41, 5.74) is 7.04. The summed E-state index contributed by atoms with van der Waals surface area (Å²) in [6, 6.07) is 8.04. The quantitative estimate of drug-likeness (QED) is 0.401. The molecule has 0 spiro atoms. The van der Waals surface area contributed by atoms with Gasteiger partial charge in [0.1, 0.15) is 0 Å². The number of likely N-dealkylation sites (tertiary alicyclic amines) is 1. The van der Waals surface area contributed by atoms with E-state index in [2.05, 4.69) is 34.1 Å². The van der Waals surface area contributed by atoms with Crippen LogP contribution in [0.1, 0.15) is 40.9 Å². The van der Waals surface area contributed by atoms with Gasteiger partial charge in [0.2, 0.25) is 5.91 Å². The minimum Gasteiger partial charge on any atom is -0.492 e. The molecule has 1 atom stereocenters. The van der Waals surface area contributed by atoms with E-state index < -0.39 is 5.82 Å². The number of piperidine rings is 1. The molecule has 2 aliphatic rings. The highest BCUT2D eigenvalue weighted by atomic mass is 19.1. The molecule has 0 radical (unpaired) electrons. The zero-order valence-electron chi connectivity index (χ0n) is 21.1. The third kappa shape index (κ3) is 4.73. The van der Waals surface area contributed by atoms with Crippen LogP contribution in [0, 0.1) is 17.7 Å². The number of nitrogens with zero attached hydrogens (tertiary/aromatic N) is 3. The Balaban J connectivity index is 1.60. The van der Waals surface area contributed by atoms with E-state index >= 15 is 0 Å². The van der Waals surface area contributed by atoms with Crippen LogP contribution in [0.3, 0.4) is 0 Å². The van der Waals surface area contributed by atoms with Gasteiger partial charge in [-0.1, -0.05) is 24.5 Å². The summed E-state index contributed by atoms with van der Waals surface area (Å²) in [5, 5.41) is 2.88. The molecule has 2 aromatic heterocycles. The first kappa shape index (κ1) is 25.1. The molecule has 1 fully saturated rings. The van der Waals surface area contributed by atoms with Crippen molar-refractivity contribution in [2.24, 2.45) is 0 Å². The number of para-hydroxylation sites is 1. The summed E-state index contributed by atoms with van der Waals surface area (Å²) in [4.78, 5) is 31.1. The molecule has 2 aliphatic heterocycles. The van der Waals surface area contributed by atoms with Crippen LogP contribution in [0.25, 0.3) is 11.3 Å². The van der Waals surface area contributed by atoms with Crippen LogP contribution in [0.15, 0.2) is 55.4 Å². The summed E-state index contributed by atoms with van der Waals surface area (Å²) in [6.45, 7) is 4.75. The van der Waals surface area contributed by atoms with Crippen LogP contribution in [-0.2, 0) is 11.2 Å². The van der Waals surface area contributed by atoms with Gasteiger partial charge in [0.15, 0.2) is 11.6 Å². The highest BCUT2D eigenvalue weighted by Crippen LogP contribution is 2.33. The number of aromatic nitrogens is 2. The van der Waals surface area contributed by atoms with Gasteiger partial charge in [0.05, 0.1) is 41.4 Å². The Morgan fingerprint density at radius 1 is 1.32 bits per heavy atom. The molecular formula is C29H28FN5O3. The minimum atomic E-state index is -0.501. The second-order valence-corrected chi connectivity index (χ2v) is 9.10. The number of nitrogens with one attached hydrogen (secondary N) is 2. The lowest BCUT2D eigenvalue weighted by molar-refractivity contribution is -0.128. The van der Waals surface area contributed by atoms with Crippen molar-refractivity contribution >= 4 is 17.5 Å². The van der Waals surface area contributed by atoms with E-state index in [0.29, 0.717) is 42.0 Å². The summed E-state index contributed by atoms with van der Waals surface area (Å²) < 4.78 is 21.6. The number of rotatable bonds is 5. The van der Waals surface area contributed by atoms with E-state index in [4.69, 9.17) is 4.74 Å². The number of methoxy groups -OCH3 is 1. The first-order valence-electron chi connectivity index (χ1n) is 12.5. The number of fused-ring (bicyclic) bond motifs is 1. The number of benzene rings is 1. The molecule has 1 aromatic carbocycles. The Bertz CT molecular complexity index is 1470. The molecule has 1 saturated heterocycles. The monoisotopic (exact) mass is 513 g/mol. The molecule has 3 aromatic rings. The highest BCUT2D eigenvalue weighted by molar-refractivity contribution is 5.98. The van der Waals surface area contributed by atoms with Crippen molar-refractivity contribution < 1.29 is 18.7 Å². The molecule has 0 aliphatic carbocycles. The standard InChI is InChI=1S/C29H28FN5O3/c1-3-27(36)34-16-5-4-7-20(34)11-10-19-18-31-14-12-21(19)26-17-22-25(13-15-32-29(22)37)35(26)33-24-9-6-8-23(30)28(24)38-2/h3,6,8-9,12,14,17-18,20,33H,1,4-5,7,13,15-16H2,2H3,(H,32,37)/t20-/m1/s1. The van der Waals surface area contributed by atoms with Crippen LogP contribution < -0.4 is 15.5 Å². The lowest BCUT2D eigenvalue weighted by Crippen LogP contribution is -2.42. The summed E-state index contributed by atoms with van der Waals surface area (Å²) in [5.74, 6) is 5.77. The number of pyridine rings is 1. The van der Waals surface area contributed by atoms with Gasteiger partial charge in [0.25, 0.3) is 5.91 Å². The number of halogens is 1. The fourth-order valence-electron chi connectivity index (χ4n) is 4.97. The third-order valence-electron chi connectivity index (χ3n) is 6.83. The van der Waals surface area contributed by atoms with Crippen molar-refractivity contribution in [1.29, 1.82) is 0 Å². The van der Waals surface area contributed by atoms with Gasteiger partial charge in [-0.3, -0.25) is 24.7 Å². The number of ether oxygens (including phenoxy) is 1. The number of hydrogen-bond donors (Lipinski definition) is 2. The van der Waals surface area contributed by atoms with Crippen LogP contribution >= 0.6 is 0 Å². The van der Waals surface area contributed by atoms with Crippen molar-refractivity contribution in [1.82, 2.24) is 19.9 Å². The lowest BCUT2D eigenvalue weighted by Gasteiger charge is -2.31. The number of anilines is 1. The number of carbonyl (C=O) groups is 2. The normalized spacial score (nSPS) is 16.5. The Morgan fingerprint density at radius 2 is 2.18 bits per heavy atom. The van der Waals surface area contributed by atoms with Gasteiger partial charge < -0.3 is 15.0 Å². The van der Waals surface area contributed by atoms with Gasteiger partial charge in [-0.2, -0.15) is 0 Å². The van der Waals surface area contributed by atoms with Crippen molar-refractivity contribution in [3.8, 4) is 28.8 Å². The van der Waals surface area contributed by atoms with Crippen molar-refractivity contribution in [3.63, 3.8) is 0 Å². The van der Waals surface area contributed by atoms with E-state index in [1.165, 1.54) is 19.3 Å². The molecule has 0 bridgehead atoms. The first-order valence-corrected chi connectivity index (χ1v) is 12.5. The summed E-state index contributed by atoms with van der Waals surface area (Å²) in [6.07, 6.45) is 7.95. The minimum absolute atomic E-state index is 0.0696. The second-order valence-electron chi connectivity index (χ2n) is 9.10. The van der Waals surface area contributed by atoms with E-state index in [-0.39, 0.29) is 23.6 Å². The molecule has 4 heterocycles. The molecule has 5 rings (SSSR count). The molecule has 194 valence electrons. The molecule has 8 nitrogen and oxygen atoms in total. The number of amides is 2. The van der Waals surface area contributed by atoms with Crippen LogP contribution in [0.5, 0.6) is 5.75 Å². The maximum Gasteiger partial charge on any atom is 0.253 e. The third-order valence-corrected chi connectivity index (χ3v) is 6.83. The van der Waals surface area contributed by atoms with Crippen molar-refractivity contribution in [2.45, 2.75) is 31.7 Å². The number of hydrogen-bond acceptors (Lipinski definition) is 5. The SMILES string of the molecule is C=CC(=O)N1CCCC[C@@H]1C#Cc1cnccc1-c1cc2c(n1Nc1cccc(F)c1OC)CCNC2=O. The molecule has 0 unspecified atom stereocenters. The molecular weight excluding hydrogens is 485 g/mol. The highest BCUT2D eigenvalue weighted by Gasteiger charge is 2.27. The molecule has 2 amide bonds. The zero-order valence-corrected chi connectivity index (χ0v) is 21.1. The van der Waals surface area contributed by atoms with Crippen LogP contribution in [-0.4, -0.2) is 52.6 Å². The zero-order chi connectivity index (χ0) is 26.6. The summed E-state index contributed by atoms with van der Waals surface area (Å²) in [7, 11) is 1.41. The lowest BCUT2D eigenvalue weighted by atomic mass is 10.0. The fraction of sp³-hybridized carbons (Fsp3) is 0.276. The number of carbonyl (C=O) groups excluding carboxylic acids is 2. The molecule has 38 heavy (non-hydrogen) atoms. The Labute approximate surface area is 220 Å². The average Bonchev–Trinajstić information content (AvgIpc) is 3.31. The maximum absolute atomic E-state index is 14.5. The molecule has 9 heteroatoms. The largest absolute Gasteiger partial charge is 0.492 e. The van der Waals surface area contributed by atoms with E-state index in [1.807, 2.05) is 6.07 Å². The van der Waals surface area contributed by atoms with Crippen LogP contribution in [0.4, 0.5) is 10.1 Å². The van der Waals surface area contributed by atoms with Crippen molar-refractivity contribution in [2.75, 3.05) is 25.6 Å². The Morgan fingerprint density at radius 3 is 3.00 bits per heavy atom. The predicted octanol–water partition coefficient (Wildman–Crippen LogP) is 3.78. The van der Waals surface area contributed by atoms with Gasteiger partial charge in [-0.25, -0.2) is 4.39 Å². The van der Waals surface area contributed by atoms with E-state index in [1.54, 1.807) is 40.2 Å². The second kappa shape index (κ2) is 10.8. The summed E-state index contributed by atoms with van der Waals surface area (Å²) >= 11 is 0. The van der Waals surface area contributed by atoms with Crippen LogP contribution in [0.2, 0.25) is 0 Å². The first-order chi connectivity index (χ1) is 18.5. The topological polar surface area (TPSA) is 88.5 Å². The van der Waals surface area contributed by atoms with E-state index in [9.17, 15) is 14.0 Å². The molecule has 2 N–H and O–H groups in total.